The Balaban J connectivity index is 3.28. The Labute approximate surface area is 45.4 Å². The molecule has 0 aliphatic heterocycles. The van der Waals surface area contributed by atoms with Gasteiger partial charge in [-0.05, 0) is 6.07 Å². The SMILES string of the molecule is Nc1cc[15n][13c](=O)[15nH]1. The molecule has 1 rings (SSSR count). The number of aromatic amines is 1. The summed E-state index contributed by atoms with van der Waals surface area (Å²) in [4.78, 5) is 15.9. The zero-order valence-corrected chi connectivity index (χ0v) is 4.09. The predicted octanol–water partition coefficient (Wildman–Crippen LogP) is -0.648. The van der Waals surface area contributed by atoms with E-state index in [1.165, 1.54) is 12.3 Å². The molecule has 0 amide bonds. The summed E-state index contributed by atoms with van der Waals surface area (Å²) in [5, 5.41) is 0. The first-order valence-corrected chi connectivity index (χ1v) is 2.10. The fraction of sp³-hybridized carbons (Fsp3) is 0. The molecule has 42 valence electrons. The van der Waals surface area contributed by atoms with Gasteiger partial charge in [0.1, 0.15) is 5.82 Å². The van der Waals surface area contributed by atoms with E-state index >= 15 is 0 Å². The van der Waals surface area contributed by atoms with E-state index in [2.05, 4.69) is 9.97 Å². The maximum Gasteiger partial charge on any atom is 0.346 e. The molecule has 0 saturated heterocycles. The van der Waals surface area contributed by atoms with E-state index in [9.17, 15) is 4.79 Å². The van der Waals surface area contributed by atoms with Gasteiger partial charge >= 0.3 is 5.69 Å². The molecule has 0 saturated carbocycles. The van der Waals surface area contributed by atoms with Gasteiger partial charge in [-0.25, -0.2) is 9.78 Å². The van der Waals surface area contributed by atoms with E-state index in [0.717, 1.165) is 0 Å². The van der Waals surface area contributed by atoms with Gasteiger partial charge in [-0.1, -0.05) is 0 Å². The molecule has 1 aromatic rings. The number of hydrogen-bond donors (Lipinski definition) is 2. The highest BCUT2D eigenvalue weighted by atomic mass is 16.3. The van der Waals surface area contributed by atoms with Crippen LogP contribution < -0.4 is 11.4 Å². The van der Waals surface area contributed by atoms with Crippen molar-refractivity contribution in [2.24, 2.45) is 0 Å². The van der Waals surface area contributed by atoms with E-state index in [4.69, 9.17) is 5.73 Å². The Kier molecular flexibility index (Phi) is 0.997. The van der Waals surface area contributed by atoms with Gasteiger partial charge in [0, 0.05) is 6.20 Å². The number of nitrogens with one attached hydrogen (secondary N) is 1. The zero-order chi connectivity index (χ0) is 5.98. The van der Waals surface area contributed by atoms with Crippen molar-refractivity contribution in [3.8, 4) is 0 Å². The van der Waals surface area contributed by atoms with Crippen LogP contribution in [0.4, 0.5) is 5.82 Å². The standard InChI is InChI=1S/C4H5N3O/c5-3-1-2-6-4(8)7-3/h1-2H,(H3,5,6,7,8)/i4+1,6+1,7+1. The molecule has 1 heterocycles. The minimum atomic E-state index is -0.412. The first-order valence-electron chi connectivity index (χ1n) is 2.10. The summed E-state index contributed by atoms with van der Waals surface area (Å²) in [7, 11) is 0. The molecule has 0 atom stereocenters. The highest BCUT2D eigenvalue weighted by Crippen LogP contribution is 1.82. The highest BCUT2D eigenvalue weighted by Gasteiger charge is 1.80. The molecule has 0 unspecified atom stereocenters. The third-order valence-corrected chi connectivity index (χ3v) is 0.697. The largest absolute Gasteiger partial charge is 0.385 e. The van der Waals surface area contributed by atoms with Crippen LogP contribution in [0.15, 0.2) is 17.1 Å². The van der Waals surface area contributed by atoms with Crippen LogP contribution in [0, 0.1) is 0 Å². The predicted molar refractivity (Wildman–Crippen MR) is 29.3 cm³/mol. The number of aromatic nitrogens is 2. The van der Waals surface area contributed by atoms with Crippen molar-refractivity contribution >= 4 is 5.82 Å². The maximum absolute atomic E-state index is 10.2. The van der Waals surface area contributed by atoms with E-state index in [1.54, 1.807) is 0 Å². The number of H-pyrrole nitrogens is 1. The lowest BCUT2D eigenvalue weighted by Gasteiger charge is -1.84. The molecular weight excluding hydrogens is 109 g/mol. The lowest BCUT2D eigenvalue weighted by Crippen LogP contribution is -2.10. The fourth-order valence-corrected chi connectivity index (χ4v) is 0.383. The second kappa shape index (κ2) is 1.65. The van der Waals surface area contributed by atoms with Crippen molar-refractivity contribution in [1.82, 2.24) is 9.97 Å². The van der Waals surface area contributed by atoms with Crippen molar-refractivity contribution in [3.63, 3.8) is 0 Å². The minimum absolute atomic E-state index is 0.338. The zero-order valence-electron chi connectivity index (χ0n) is 4.09. The van der Waals surface area contributed by atoms with Gasteiger partial charge in [0.2, 0.25) is 0 Å². The first-order chi connectivity index (χ1) is 3.79. The van der Waals surface area contributed by atoms with Crippen molar-refractivity contribution in [2.75, 3.05) is 5.73 Å². The van der Waals surface area contributed by atoms with Crippen LogP contribution >= 0.6 is 0 Å². The van der Waals surface area contributed by atoms with Crippen LogP contribution in [-0.2, 0) is 0 Å². The van der Waals surface area contributed by atoms with Crippen molar-refractivity contribution in [2.45, 2.75) is 0 Å². The van der Waals surface area contributed by atoms with Crippen molar-refractivity contribution < 1.29 is 0 Å². The molecule has 4 nitrogen and oxygen atoms in total. The number of nitrogen functional groups attached to an aromatic ring is 1. The summed E-state index contributed by atoms with van der Waals surface area (Å²) in [6, 6.07) is 1.52. The van der Waals surface area contributed by atoms with Gasteiger partial charge in [0.05, 0.1) is 0 Å². The topological polar surface area (TPSA) is 71.8 Å². The summed E-state index contributed by atoms with van der Waals surface area (Å²) in [5.41, 5.74) is 4.75. The Morgan fingerprint density at radius 1 is 1.75 bits per heavy atom. The molecule has 8 heavy (non-hydrogen) atoms. The summed E-state index contributed by atoms with van der Waals surface area (Å²) < 4.78 is 0. The van der Waals surface area contributed by atoms with E-state index < -0.39 is 5.69 Å². The maximum atomic E-state index is 10.2. The van der Waals surface area contributed by atoms with E-state index in [1.807, 2.05) is 0 Å². The molecule has 0 aromatic carbocycles. The fourth-order valence-electron chi connectivity index (χ4n) is 0.383. The van der Waals surface area contributed by atoms with Crippen LogP contribution in [0.2, 0.25) is 0 Å². The number of anilines is 1. The van der Waals surface area contributed by atoms with Crippen LogP contribution in [0.1, 0.15) is 0 Å². The van der Waals surface area contributed by atoms with Gasteiger partial charge in [-0.3, -0.25) is 4.98 Å². The molecule has 0 aliphatic carbocycles. The average Bonchev–Trinajstić information content (AvgIpc) is 1.64. The summed E-state index contributed by atoms with van der Waals surface area (Å²) in [6.07, 6.45) is 1.36. The van der Waals surface area contributed by atoms with Crippen LogP contribution in [-0.4, -0.2) is 9.97 Å². The molecule has 0 spiro atoms. The van der Waals surface area contributed by atoms with Crippen LogP contribution in [0.25, 0.3) is 0 Å². The third kappa shape index (κ3) is 0.841. The van der Waals surface area contributed by atoms with Crippen LogP contribution in [0.5, 0.6) is 0 Å². The van der Waals surface area contributed by atoms with Crippen LogP contribution in [0.3, 0.4) is 0 Å². The van der Waals surface area contributed by atoms with Gasteiger partial charge in [0.15, 0.2) is 0 Å². The molecule has 4 heteroatoms. The van der Waals surface area contributed by atoms with Gasteiger partial charge in [-0.15, -0.1) is 0 Å². The first kappa shape index (κ1) is 4.83. The Hall–Kier alpha value is -1.32. The number of hydrogen-bond acceptors (Lipinski definition) is 3. The van der Waals surface area contributed by atoms with E-state index in [-0.39, 0.29) is 0 Å². The molecule has 0 fully saturated rings. The van der Waals surface area contributed by atoms with Gasteiger partial charge in [-0.2, -0.15) is 0 Å². The van der Waals surface area contributed by atoms with E-state index in [0.29, 0.717) is 5.82 Å². The molecule has 0 bridgehead atoms. The van der Waals surface area contributed by atoms with Crippen molar-refractivity contribution in [1.29, 1.82) is 0 Å². The third-order valence-electron chi connectivity index (χ3n) is 0.697. The lowest BCUT2D eigenvalue weighted by atomic mass is 10.7. The Morgan fingerprint density at radius 3 is 2.88 bits per heavy atom. The van der Waals surface area contributed by atoms with Gasteiger partial charge in [0.25, 0.3) is 0 Å². The molecule has 1 aromatic heterocycles. The normalized spacial score (nSPS) is 9.00. The van der Waals surface area contributed by atoms with Crippen molar-refractivity contribution in [3.05, 3.63) is 22.7 Å². The molecule has 0 aliphatic rings. The highest BCUT2D eigenvalue weighted by molar-refractivity contribution is 5.22. The monoisotopic (exact) mass is 114 g/mol. The number of nitrogens with two attached hydrogens (primary N) is 1. The summed E-state index contributed by atoms with van der Waals surface area (Å²) in [5.74, 6) is 0.338. The summed E-state index contributed by atoms with van der Waals surface area (Å²) >= 11 is 0. The second-order valence-electron chi connectivity index (χ2n) is 1.33. The Bertz CT molecular complexity index is 229. The average molecular weight is 114 g/mol. The number of rotatable bonds is 0. The summed E-state index contributed by atoms with van der Waals surface area (Å²) in [6.45, 7) is 0. The molecule has 0 radical (unpaired) electrons. The Morgan fingerprint density at radius 2 is 2.50 bits per heavy atom. The molecular formula is C4H5N3O. The quantitative estimate of drug-likeness (QED) is 0.470. The van der Waals surface area contributed by atoms with Gasteiger partial charge < -0.3 is 5.73 Å². The minimum Gasteiger partial charge on any atom is -0.385 e. The number of nitrogens with zero attached hydrogens (tertiary/aromatic N) is 1. The smallest absolute Gasteiger partial charge is 0.346 e. The second-order valence-corrected chi connectivity index (χ2v) is 1.33. The molecule has 3 N–H and O–H groups in total. The lowest BCUT2D eigenvalue weighted by molar-refractivity contribution is 1.08.